The number of rotatable bonds is 12. The molecule has 226 valence electrons. The Labute approximate surface area is 261 Å². The highest BCUT2D eigenvalue weighted by molar-refractivity contribution is 5.77. The van der Waals surface area contributed by atoms with Gasteiger partial charge in [-0.15, -0.1) is 0 Å². The molecule has 2 atom stereocenters. The Hall–Kier alpha value is -3.60. The van der Waals surface area contributed by atoms with E-state index in [1.807, 2.05) is 0 Å². The highest BCUT2D eigenvalue weighted by atomic mass is 17.2. The van der Waals surface area contributed by atoms with Crippen molar-refractivity contribution >= 4 is 0 Å². The zero-order chi connectivity index (χ0) is 29.7. The highest BCUT2D eigenvalue weighted by Gasteiger charge is 2.66. The van der Waals surface area contributed by atoms with Gasteiger partial charge in [0.05, 0.1) is 0 Å². The van der Waals surface area contributed by atoms with Crippen molar-refractivity contribution in [2.45, 2.75) is 102 Å². The monoisotopic (exact) mass is 586 g/mol. The molecule has 4 aromatic carbocycles. The van der Waals surface area contributed by atoms with Crippen LogP contribution in [0.25, 0.3) is 0 Å². The summed E-state index contributed by atoms with van der Waals surface area (Å²) in [5.41, 5.74) is 7.06. The number of unbranched alkanes of at least 4 members (excludes halogenated alkanes) is 8. The molecular formula is C40H42O4. The minimum atomic E-state index is -0.928. The van der Waals surface area contributed by atoms with E-state index in [1.165, 1.54) is 75.3 Å². The smallest absolute Gasteiger partial charge is 0.187 e. The van der Waals surface area contributed by atoms with Gasteiger partial charge < -0.3 is 9.47 Å². The molecule has 0 N–H and O–H groups in total. The van der Waals surface area contributed by atoms with Crippen molar-refractivity contribution in [1.82, 2.24) is 0 Å². The maximum absolute atomic E-state index is 6.81. The Morgan fingerprint density at radius 2 is 0.909 bits per heavy atom. The summed E-state index contributed by atoms with van der Waals surface area (Å²) < 4.78 is 13.3. The van der Waals surface area contributed by atoms with Crippen LogP contribution in [0.4, 0.5) is 0 Å². The summed E-state index contributed by atoms with van der Waals surface area (Å²) in [6.45, 7) is 4.53. The fraction of sp³-hybridized carbons (Fsp3) is 0.400. The average molecular weight is 587 g/mol. The Morgan fingerprint density at radius 1 is 0.455 bits per heavy atom. The van der Waals surface area contributed by atoms with E-state index in [-0.39, 0.29) is 0 Å². The van der Waals surface area contributed by atoms with Crippen LogP contribution >= 0.6 is 0 Å². The van der Waals surface area contributed by atoms with E-state index in [9.17, 15) is 0 Å². The van der Waals surface area contributed by atoms with E-state index in [2.05, 4.69) is 86.6 Å². The van der Waals surface area contributed by atoms with Crippen molar-refractivity contribution in [3.63, 3.8) is 0 Å². The van der Waals surface area contributed by atoms with E-state index in [0.717, 1.165) is 69.2 Å². The van der Waals surface area contributed by atoms with Crippen molar-refractivity contribution in [1.29, 1.82) is 0 Å². The molecule has 4 nitrogen and oxygen atoms in total. The zero-order valence-electron chi connectivity index (χ0n) is 26.0. The Morgan fingerprint density at radius 3 is 1.36 bits per heavy atom. The summed E-state index contributed by atoms with van der Waals surface area (Å²) in [6, 6.07) is 26.0. The third-order valence-corrected chi connectivity index (χ3v) is 10.2. The molecule has 9 rings (SSSR count). The van der Waals surface area contributed by atoms with Crippen LogP contribution in [0.3, 0.4) is 0 Å². The predicted molar refractivity (Wildman–Crippen MR) is 173 cm³/mol. The van der Waals surface area contributed by atoms with Crippen LogP contribution in [0.5, 0.6) is 23.0 Å². The predicted octanol–water partition coefficient (Wildman–Crippen LogP) is 10.8. The maximum atomic E-state index is 6.81. The van der Waals surface area contributed by atoms with Crippen LogP contribution in [0.2, 0.25) is 0 Å². The fourth-order valence-corrected chi connectivity index (χ4v) is 8.06. The fourth-order valence-electron chi connectivity index (χ4n) is 8.06. The minimum absolute atomic E-state index is 0.822. The molecule has 0 aromatic heterocycles. The molecule has 0 radical (unpaired) electrons. The molecule has 5 aliphatic rings. The van der Waals surface area contributed by atoms with E-state index < -0.39 is 11.2 Å². The second kappa shape index (κ2) is 11.1. The van der Waals surface area contributed by atoms with Crippen LogP contribution in [-0.4, -0.2) is 0 Å². The summed E-state index contributed by atoms with van der Waals surface area (Å²) in [4.78, 5) is 13.6. The third kappa shape index (κ3) is 4.03. The third-order valence-electron chi connectivity index (χ3n) is 10.2. The first kappa shape index (κ1) is 27.9. The number of hydrogen-bond donors (Lipinski definition) is 0. The number of fused-ring (bicyclic) bond motifs is 3. The molecule has 4 heterocycles. The number of ether oxygens (including phenoxy) is 2. The van der Waals surface area contributed by atoms with Crippen LogP contribution < -0.4 is 9.47 Å². The van der Waals surface area contributed by atoms with Gasteiger partial charge in [-0.3, -0.25) is 0 Å². The standard InChI is InChI=1S/C40H42O4/c1-3-5-7-9-11-15-27-21-23-33-31(25-27)39-29-17-13-20-36-38(29)40(44-43-39,30-18-14-19-35(41-33)37(30)39)32-26-28(22-24-34(32)42-36)16-12-10-8-6-4-2/h13-14,17-26H,3-12,15-16H2,1-2H3. The molecule has 44 heavy (non-hydrogen) atoms. The first-order valence-corrected chi connectivity index (χ1v) is 17.0. The Balaban J connectivity index is 1.25. The second-order valence-corrected chi connectivity index (χ2v) is 13.1. The first-order valence-electron chi connectivity index (χ1n) is 17.0. The van der Waals surface area contributed by atoms with E-state index in [1.54, 1.807) is 0 Å². The van der Waals surface area contributed by atoms with Crippen LogP contribution in [0.1, 0.15) is 123 Å². The number of benzene rings is 4. The first-order chi connectivity index (χ1) is 21.7. The van der Waals surface area contributed by atoms with Gasteiger partial charge in [-0.05, 0) is 73.2 Å². The summed E-state index contributed by atoms with van der Waals surface area (Å²) in [5.74, 6) is 3.31. The summed E-state index contributed by atoms with van der Waals surface area (Å²) in [5, 5.41) is 0. The minimum Gasteiger partial charge on any atom is -0.456 e. The molecule has 0 amide bonds. The molecule has 4 aliphatic heterocycles. The van der Waals surface area contributed by atoms with Crippen LogP contribution in [0, 0.1) is 0 Å². The van der Waals surface area contributed by atoms with Gasteiger partial charge >= 0.3 is 0 Å². The zero-order valence-corrected chi connectivity index (χ0v) is 26.0. The summed E-state index contributed by atoms with van der Waals surface area (Å²) in [6.07, 6.45) is 14.7. The van der Waals surface area contributed by atoms with Gasteiger partial charge in [0, 0.05) is 33.4 Å². The van der Waals surface area contributed by atoms with E-state index >= 15 is 0 Å². The van der Waals surface area contributed by atoms with Crippen molar-refractivity contribution < 1.29 is 19.2 Å². The number of hydrogen-bond acceptors (Lipinski definition) is 4. The normalized spacial score (nSPS) is 21.0. The van der Waals surface area contributed by atoms with Gasteiger partial charge in [0.15, 0.2) is 11.2 Å². The molecular weight excluding hydrogens is 544 g/mol. The van der Waals surface area contributed by atoms with Gasteiger partial charge in [0.1, 0.15) is 23.0 Å². The molecule has 4 heteroatoms. The molecule has 2 unspecified atom stereocenters. The molecule has 2 bridgehead atoms. The lowest BCUT2D eigenvalue weighted by Gasteiger charge is -2.56. The van der Waals surface area contributed by atoms with Crippen LogP contribution in [0.15, 0.2) is 72.8 Å². The van der Waals surface area contributed by atoms with Gasteiger partial charge in [0.2, 0.25) is 0 Å². The van der Waals surface area contributed by atoms with E-state index in [4.69, 9.17) is 19.2 Å². The molecule has 4 aromatic rings. The lowest BCUT2D eigenvalue weighted by atomic mass is 9.60. The largest absolute Gasteiger partial charge is 0.456 e. The molecule has 0 fully saturated rings. The van der Waals surface area contributed by atoms with Crippen molar-refractivity contribution in [3.8, 4) is 23.0 Å². The molecule has 0 saturated carbocycles. The molecule has 1 aliphatic carbocycles. The maximum Gasteiger partial charge on any atom is 0.187 e. The topological polar surface area (TPSA) is 36.9 Å². The van der Waals surface area contributed by atoms with Crippen LogP contribution in [-0.2, 0) is 33.8 Å². The van der Waals surface area contributed by atoms with Crippen molar-refractivity contribution in [3.05, 3.63) is 117 Å². The van der Waals surface area contributed by atoms with Gasteiger partial charge in [-0.1, -0.05) is 102 Å². The Bertz CT molecular complexity index is 1600. The Kier molecular flexibility index (Phi) is 7.03. The van der Waals surface area contributed by atoms with Crippen molar-refractivity contribution in [2.75, 3.05) is 0 Å². The highest BCUT2D eigenvalue weighted by Crippen LogP contribution is 2.69. The summed E-state index contributed by atoms with van der Waals surface area (Å²) in [7, 11) is 0. The van der Waals surface area contributed by atoms with Gasteiger partial charge in [0.25, 0.3) is 0 Å². The SMILES string of the molecule is CCCCCCCc1ccc2c(c1)C13OOC4(c5cc(CCCCCCC)ccc5Oc5cccc1c54)c1cccc(c13)O2. The van der Waals surface area contributed by atoms with Gasteiger partial charge in [-0.2, -0.15) is 0 Å². The summed E-state index contributed by atoms with van der Waals surface area (Å²) >= 11 is 0. The van der Waals surface area contributed by atoms with Crippen molar-refractivity contribution in [2.24, 2.45) is 0 Å². The lowest BCUT2D eigenvalue weighted by molar-refractivity contribution is -0.411. The average Bonchev–Trinajstić information content (AvgIpc) is 3.06. The second-order valence-electron chi connectivity index (χ2n) is 13.1. The number of aryl methyl sites for hydroxylation is 2. The van der Waals surface area contributed by atoms with E-state index in [0.29, 0.717) is 0 Å². The van der Waals surface area contributed by atoms with Gasteiger partial charge in [-0.25, -0.2) is 9.78 Å². The lowest BCUT2D eigenvalue weighted by Crippen LogP contribution is -2.55. The molecule has 0 saturated heterocycles. The molecule has 2 spiro atoms. The quantitative estimate of drug-likeness (QED) is 0.122.